The normalized spacial score (nSPS) is 33.8. The third-order valence-electron chi connectivity index (χ3n) is 6.73. The molecule has 0 aromatic carbocycles. The fourth-order valence-corrected chi connectivity index (χ4v) is 4.82. The summed E-state index contributed by atoms with van der Waals surface area (Å²) in [6.45, 7) is 10.6. The molecule has 0 aliphatic heterocycles. The van der Waals surface area contributed by atoms with E-state index in [1.165, 1.54) is 70.6 Å². The van der Waals surface area contributed by atoms with Gasteiger partial charge in [0.2, 0.25) is 0 Å². The molecule has 0 radical (unpaired) electrons. The summed E-state index contributed by atoms with van der Waals surface area (Å²) in [5.41, 5.74) is 0. The monoisotopic (exact) mass is 322 g/mol. The SMILES string of the molecule is CCC(CCC(C)C)C1CCC(COC2CCC(C)CC2)CC1. The highest BCUT2D eigenvalue weighted by Gasteiger charge is 2.27. The van der Waals surface area contributed by atoms with E-state index in [9.17, 15) is 0 Å². The van der Waals surface area contributed by atoms with Crippen LogP contribution in [-0.4, -0.2) is 12.7 Å². The van der Waals surface area contributed by atoms with Crippen LogP contribution in [0.2, 0.25) is 0 Å². The van der Waals surface area contributed by atoms with Crippen LogP contribution < -0.4 is 0 Å². The summed E-state index contributed by atoms with van der Waals surface area (Å²) < 4.78 is 6.27. The number of hydrogen-bond donors (Lipinski definition) is 0. The van der Waals surface area contributed by atoms with E-state index >= 15 is 0 Å². The van der Waals surface area contributed by atoms with Crippen LogP contribution in [0, 0.1) is 29.6 Å². The van der Waals surface area contributed by atoms with Crippen LogP contribution in [0.15, 0.2) is 0 Å². The van der Waals surface area contributed by atoms with E-state index in [0.717, 1.165) is 36.2 Å². The fraction of sp³-hybridized carbons (Fsp3) is 1.00. The van der Waals surface area contributed by atoms with Crippen molar-refractivity contribution in [2.75, 3.05) is 6.61 Å². The molecule has 1 heteroatoms. The van der Waals surface area contributed by atoms with Crippen LogP contribution in [0.1, 0.15) is 98.3 Å². The van der Waals surface area contributed by atoms with E-state index in [2.05, 4.69) is 27.7 Å². The third kappa shape index (κ3) is 6.77. The van der Waals surface area contributed by atoms with Crippen LogP contribution in [0.25, 0.3) is 0 Å². The van der Waals surface area contributed by atoms with Gasteiger partial charge >= 0.3 is 0 Å². The van der Waals surface area contributed by atoms with Crippen molar-refractivity contribution in [1.82, 2.24) is 0 Å². The Morgan fingerprint density at radius 2 is 1.52 bits per heavy atom. The number of ether oxygens (including phenoxy) is 1. The van der Waals surface area contributed by atoms with E-state index in [4.69, 9.17) is 4.74 Å². The van der Waals surface area contributed by atoms with Gasteiger partial charge in [0.05, 0.1) is 6.10 Å². The molecular weight excluding hydrogens is 280 g/mol. The Hall–Kier alpha value is -0.0400. The van der Waals surface area contributed by atoms with Crippen LogP contribution in [0.4, 0.5) is 0 Å². The van der Waals surface area contributed by atoms with Crippen LogP contribution in [0.3, 0.4) is 0 Å². The van der Waals surface area contributed by atoms with Gasteiger partial charge < -0.3 is 4.74 Å². The molecule has 1 atom stereocenters. The lowest BCUT2D eigenvalue weighted by Crippen LogP contribution is -2.27. The van der Waals surface area contributed by atoms with Gasteiger partial charge in [-0.25, -0.2) is 0 Å². The molecular formula is C22H42O. The van der Waals surface area contributed by atoms with Gasteiger partial charge in [-0.3, -0.25) is 0 Å². The van der Waals surface area contributed by atoms with E-state index in [0.29, 0.717) is 6.10 Å². The quantitative estimate of drug-likeness (QED) is 0.475. The smallest absolute Gasteiger partial charge is 0.0575 e. The van der Waals surface area contributed by atoms with Gasteiger partial charge in [0.25, 0.3) is 0 Å². The first kappa shape index (κ1) is 19.3. The Bertz CT molecular complexity index is 295. The van der Waals surface area contributed by atoms with Crippen molar-refractivity contribution in [3.05, 3.63) is 0 Å². The lowest BCUT2D eigenvalue weighted by atomic mass is 9.73. The zero-order chi connectivity index (χ0) is 16.7. The van der Waals surface area contributed by atoms with Crippen molar-refractivity contribution < 1.29 is 4.74 Å². The Morgan fingerprint density at radius 1 is 0.870 bits per heavy atom. The second-order valence-electron chi connectivity index (χ2n) is 9.14. The summed E-state index contributed by atoms with van der Waals surface area (Å²) >= 11 is 0. The number of hydrogen-bond acceptors (Lipinski definition) is 1. The molecule has 0 aromatic heterocycles. The molecule has 1 nitrogen and oxygen atoms in total. The maximum atomic E-state index is 6.27. The fourth-order valence-electron chi connectivity index (χ4n) is 4.82. The molecule has 23 heavy (non-hydrogen) atoms. The highest BCUT2D eigenvalue weighted by Crippen LogP contribution is 2.38. The first-order valence-corrected chi connectivity index (χ1v) is 10.7. The molecule has 2 fully saturated rings. The summed E-state index contributed by atoms with van der Waals surface area (Å²) in [6.07, 6.45) is 16.0. The summed E-state index contributed by atoms with van der Waals surface area (Å²) in [4.78, 5) is 0. The van der Waals surface area contributed by atoms with E-state index in [-0.39, 0.29) is 0 Å². The molecule has 2 rings (SSSR count). The topological polar surface area (TPSA) is 9.23 Å². The summed E-state index contributed by atoms with van der Waals surface area (Å²) in [7, 11) is 0. The molecule has 0 heterocycles. The average molecular weight is 323 g/mol. The van der Waals surface area contributed by atoms with Gasteiger partial charge in [-0.2, -0.15) is 0 Å². The molecule has 0 saturated heterocycles. The van der Waals surface area contributed by atoms with E-state index in [1.54, 1.807) is 0 Å². The molecule has 0 aromatic rings. The molecule has 136 valence electrons. The van der Waals surface area contributed by atoms with Crippen LogP contribution >= 0.6 is 0 Å². The molecule has 0 amide bonds. The van der Waals surface area contributed by atoms with E-state index in [1.807, 2.05) is 0 Å². The minimum atomic E-state index is 0.582. The van der Waals surface area contributed by atoms with Crippen molar-refractivity contribution in [2.45, 2.75) is 104 Å². The van der Waals surface area contributed by atoms with Gasteiger partial charge in [0, 0.05) is 6.61 Å². The highest BCUT2D eigenvalue weighted by atomic mass is 16.5. The first-order valence-electron chi connectivity index (χ1n) is 10.7. The molecule has 0 bridgehead atoms. The van der Waals surface area contributed by atoms with E-state index < -0.39 is 0 Å². The van der Waals surface area contributed by atoms with Crippen molar-refractivity contribution in [1.29, 1.82) is 0 Å². The maximum absolute atomic E-state index is 6.27. The number of rotatable bonds is 8. The highest BCUT2D eigenvalue weighted by molar-refractivity contribution is 4.78. The standard InChI is InChI=1S/C22H42O/c1-5-20(11-6-17(2)3)21-12-9-19(10-13-21)16-23-22-14-7-18(4)8-15-22/h17-22H,5-16H2,1-4H3. The van der Waals surface area contributed by atoms with Gasteiger partial charge in [0.1, 0.15) is 0 Å². The minimum absolute atomic E-state index is 0.582. The largest absolute Gasteiger partial charge is 0.378 e. The Kier molecular flexibility index (Phi) is 8.44. The van der Waals surface area contributed by atoms with Crippen molar-refractivity contribution in [3.63, 3.8) is 0 Å². The van der Waals surface area contributed by atoms with Gasteiger partial charge in [-0.1, -0.05) is 40.5 Å². The Balaban J connectivity index is 1.63. The summed E-state index contributed by atoms with van der Waals surface area (Å²) in [5.74, 6) is 4.65. The van der Waals surface area contributed by atoms with Gasteiger partial charge in [-0.15, -0.1) is 0 Å². The van der Waals surface area contributed by atoms with Crippen LogP contribution in [0.5, 0.6) is 0 Å². The third-order valence-corrected chi connectivity index (χ3v) is 6.73. The zero-order valence-electron chi connectivity index (χ0n) is 16.4. The van der Waals surface area contributed by atoms with Crippen molar-refractivity contribution in [2.24, 2.45) is 29.6 Å². The molecule has 0 spiro atoms. The Labute approximate surface area is 146 Å². The predicted molar refractivity (Wildman–Crippen MR) is 101 cm³/mol. The second kappa shape index (κ2) is 10.1. The van der Waals surface area contributed by atoms with Gasteiger partial charge in [0.15, 0.2) is 0 Å². The molecule has 2 saturated carbocycles. The average Bonchev–Trinajstić information content (AvgIpc) is 2.56. The molecule has 2 aliphatic rings. The lowest BCUT2D eigenvalue weighted by Gasteiger charge is -2.35. The lowest BCUT2D eigenvalue weighted by molar-refractivity contribution is -0.0104. The maximum Gasteiger partial charge on any atom is 0.0575 e. The zero-order valence-corrected chi connectivity index (χ0v) is 16.4. The molecule has 1 unspecified atom stereocenters. The van der Waals surface area contributed by atoms with Crippen molar-refractivity contribution in [3.8, 4) is 0 Å². The Morgan fingerprint density at radius 3 is 2.09 bits per heavy atom. The minimum Gasteiger partial charge on any atom is -0.378 e. The molecule has 2 aliphatic carbocycles. The summed E-state index contributed by atoms with van der Waals surface area (Å²) in [5, 5.41) is 0. The van der Waals surface area contributed by atoms with Gasteiger partial charge in [-0.05, 0) is 87.4 Å². The second-order valence-corrected chi connectivity index (χ2v) is 9.14. The summed E-state index contributed by atoms with van der Waals surface area (Å²) in [6, 6.07) is 0. The van der Waals surface area contributed by atoms with Crippen LogP contribution in [-0.2, 0) is 4.74 Å². The first-order chi connectivity index (χ1) is 11.1. The van der Waals surface area contributed by atoms with Crippen molar-refractivity contribution >= 4 is 0 Å². The molecule has 0 N–H and O–H groups in total. The predicted octanol–water partition coefficient (Wildman–Crippen LogP) is 6.85.